The molecule has 1 saturated heterocycles. The van der Waals surface area contributed by atoms with E-state index in [0.717, 1.165) is 7.11 Å². The molecule has 0 aromatic heterocycles. The Labute approximate surface area is 74.8 Å². The molecule has 0 aliphatic carbocycles. The van der Waals surface area contributed by atoms with Crippen molar-refractivity contribution in [2.75, 3.05) is 20.3 Å². The van der Waals surface area contributed by atoms with E-state index in [9.17, 15) is 14.7 Å². The number of esters is 1. The molecule has 1 rings (SSSR count). The van der Waals surface area contributed by atoms with Crippen LogP contribution in [0, 0.1) is 0 Å². The predicted molar refractivity (Wildman–Crippen MR) is 40.8 cm³/mol. The van der Waals surface area contributed by atoms with Gasteiger partial charge in [-0.1, -0.05) is 0 Å². The van der Waals surface area contributed by atoms with Crippen molar-refractivity contribution in [1.82, 2.24) is 5.32 Å². The van der Waals surface area contributed by atoms with Gasteiger partial charge in [-0.2, -0.15) is 0 Å². The molecule has 0 aromatic carbocycles. The molecule has 1 fully saturated rings. The van der Waals surface area contributed by atoms with Gasteiger partial charge >= 0.3 is 11.9 Å². The van der Waals surface area contributed by atoms with Crippen molar-refractivity contribution in [2.45, 2.75) is 12.1 Å². The summed E-state index contributed by atoms with van der Waals surface area (Å²) < 4.78 is 9.05. The molecule has 1 aliphatic rings. The molecule has 6 heteroatoms. The first kappa shape index (κ1) is 9.94. The van der Waals surface area contributed by atoms with Gasteiger partial charge in [-0.15, -0.1) is 0 Å². The monoisotopic (exact) mass is 189 g/mol. The number of rotatable bonds is 1. The molecule has 0 saturated carbocycles. The Bertz CT molecular complexity index is 217. The summed E-state index contributed by atoms with van der Waals surface area (Å²) in [5.41, 5.74) is 0. The number of nitrogens with one attached hydrogen (secondary N) is 1. The number of aliphatic hydroxyl groups excluding tert-OH is 1. The fraction of sp³-hybridized carbons (Fsp3) is 0.714. The van der Waals surface area contributed by atoms with Gasteiger partial charge in [0.05, 0.1) is 32.5 Å². The summed E-state index contributed by atoms with van der Waals surface area (Å²) in [5.74, 6) is -1.84. The molecule has 0 radical (unpaired) electrons. The number of carbonyl (C=O) groups excluding carboxylic acids is 2. The van der Waals surface area contributed by atoms with E-state index in [2.05, 4.69) is 10.1 Å². The first-order chi connectivity index (χ1) is 6.15. The molecule has 2 N–H and O–H groups in total. The van der Waals surface area contributed by atoms with Gasteiger partial charge in [0.15, 0.2) is 0 Å². The standard InChI is InChI=1S/C7H11NO5/c1-12-7(11)6(10)8-4-2-13-3-5(4)9/h4-5,9H,2-3H2,1H3,(H,8,10)/t4-,5-/m1/s1. The molecule has 0 spiro atoms. The van der Waals surface area contributed by atoms with Crippen LogP contribution >= 0.6 is 0 Å². The van der Waals surface area contributed by atoms with Crippen LogP contribution in [0.3, 0.4) is 0 Å². The van der Waals surface area contributed by atoms with Crippen LogP contribution in [-0.2, 0) is 19.1 Å². The molecule has 13 heavy (non-hydrogen) atoms. The fourth-order valence-electron chi connectivity index (χ4n) is 1.00. The lowest BCUT2D eigenvalue weighted by Crippen LogP contribution is -2.45. The second-order valence-corrected chi connectivity index (χ2v) is 2.68. The molecule has 74 valence electrons. The summed E-state index contributed by atoms with van der Waals surface area (Å²) in [6, 6.07) is -0.522. The molecule has 0 aromatic rings. The Balaban J connectivity index is 2.39. The summed E-state index contributed by atoms with van der Waals surface area (Å²) in [6.07, 6.45) is -0.756. The van der Waals surface area contributed by atoms with Gasteiger partial charge < -0.3 is 19.9 Å². The average Bonchev–Trinajstić information content (AvgIpc) is 2.50. The summed E-state index contributed by atoms with van der Waals surface area (Å²) in [7, 11) is 1.11. The molecule has 1 heterocycles. The zero-order valence-electron chi connectivity index (χ0n) is 7.15. The van der Waals surface area contributed by atoms with Crippen LogP contribution in [0.1, 0.15) is 0 Å². The summed E-state index contributed by atoms with van der Waals surface area (Å²) in [5, 5.41) is 11.5. The van der Waals surface area contributed by atoms with Crippen molar-refractivity contribution in [3.63, 3.8) is 0 Å². The molecule has 0 unspecified atom stereocenters. The minimum atomic E-state index is -0.973. The van der Waals surface area contributed by atoms with Gasteiger partial charge in [-0.05, 0) is 0 Å². The normalized spacial score (nSPS) is 26.9. The van der Waals surface area contributed by atoms with E-state index < -0.39 is 24.0 Å². The van der Waals surface area contributed by atoms with Crippen LogP contribution in [0.25, 0.3) is 0 Å². The number of amides is 1. The van der Waals surface area contributed by atoms with Gasteiger partial charge in [0, 0.05) is 0 Å². The number of hydrogen-bond donors (Lipinski definition) is 2. The minimum absolute atomic E-state index is 0.173. The van der Waals surface area contributed by atoms with Crippen LogP contribution in [-0.4, -0.2) is 49.5 Å². The van der Waals surface area contributed by atoms with Crippen LogP contribution in [0.2, 0.25) is 0 Å². The fourth-order valence-corrected chi connectivity index (χ4v) is 1.00. The van der Waals surface area contributed by atoms with Crippen molar-refractivity contribution in [3.8, 4) is 0 Å². The van der Waals surface area contributed by atoms with Crippen molar-refractivity contribution in [1.29, 1.82) is 0 Å². The highest BCUT2D eigenvalue weighted by Gasteiger charge is 2.29. The Morgan fingerprint density at radius 3 is 2.69 bits per heavy atom. The average molecular weight is 189 g/mol. The van der Waals surface area contributed by atoms with E-state index in [4.69, 9.17) is 4.74 Å². The number of carbonyl (C=O) groups is 2. The third-order valence-corrected chi connectivity index (χ3v) is 1.74. The summed E-state index contributed by atoms with van der Waals surface area (Å²) >= 11 is 0. The van der Waals surface area contributed by atoms with Gasteiger partial charge in [0.1, 0.15) is 0 Å². The third kappa shape index (κ3) is 2.40. The Hall–Kier alpha value is -1.14. The number of methoxy groups -OCH3 is 1. The van der Waals surface area contributed by atoms with E-state index in [1.165, 1.54) is 0 Å². The largest absolute Gasteiger partial charge is 0.462 e. The maximum atomic E-state index is 10.9. The summed E-state index contributed by atoms with van der Waals surface area (Å²) in [6.45, 7) is 0.385. The van der Waals surface area contributed by atoms with Crippen molar-refractivity contribution in [2.24, 2.45) is 0 Å². The van der Waals surface area contributed by atoms with Gasteiger partial charge in [0.25, 0.3) is 0 Å². The van der Waals surface area contributed by atoms with E-state index >= 15 is 0 Å². The topological polar surface area (TPSA) is 84.9 Å². The zero-order valence-corrected chi connectivity index (χ0v) is 7.15. The quantitative estimate of drug-likeness (QED) is 0.369. The van der Waals surface area contributed by atoms with E-state index in [1.54, 1.807) is 0 Å². The molecular weight excluding hydrogens is 178 g/mol. The number of ether oxygens (including phenoxy) is 2. The molecule has 2 atom stereocenters. The molecular formula is C7H11NO5. The van der Waals surface area contributed by atoms with Crippen LogP contribution in [0.4, 0.5) is 0 Å². The van der Waals surface area contributed by atoms with E-state index in [-0.39, 0.29) is 13.2 Å². The smallest absolute Gasteiger partial charge is 0.396 e. The van der Waals surface area contributed by atoms with Crippen LogP contribution in [0.5, 0.6) is 0 Å². The molecule has 6 nitrogen and oxygen atoms in total. The lowest BCUT2D eigenvalue weighted by molar-refractivity contribution is -0.153. The second kappa shape index (κ2) is 4.20. The summed E-state index contributed by atoms with van der Waals surface area (Å²) in [4.78, 5) is 21.6. The van der Waals surface area contributed by atoms with E-state index in [1.807, 2.05) is 0 Å². The maximum Gasteiger partial charge on any atom is 0.396 e. The van der Waals surface area contributed by atoms with Crippen molar-refractivity contribution < 1.29 is 24.2 Å². The zero-order chi connectivity index (χ0) is 9.84. The molecule has 1 aliphatic heterocycles. The molecule has 1 amide bonds. The lowest BCUT2D eigenvalue weighted by atomic mass is 10.2. The van der Waals surface area contributed by atoms with E-state index in [0.29, 0.717) is 0 Å². The maximum absolute atomic E-state index is 10.9. The highest BCUT2D eigenvalue weighted by atomic mass is 16.5. The van der Waals surface area contributed by atoms with Crippen LogP contribution < -0.4 is 5.32 Å². The number of hydrogen-bond acceptors (Lipinski definition) is 5. The highest BCUT2D eigenvalue weighted by molar-refractivity contribution is 6.32. The Morgan fingerprint density at radius 1 is 1.54 bits per heavy atom. The van der Waals surface area contributed by atoms with Gasteiger partial charge in [-0.3, -0.25) is 4.79 Å². The number of aliphatic hydroxyl groups is 1. The molecule has 0 bridgehead atoms. The second-order valence-electron chi connectivity index (χ2n) is 2.68. The first-order valence-corrected chi connectivity index (χ1v) is 3.79. The van der Waals surface area contributed by atoms with Gasteiger partial charge in [-0.25, -0.2) is 4.79 Å². The highest BCUT2D eigenvalue weighted by Crippen LogP contribution is 2.04. The SMILES string of the molecule is COC(=O)C(=O)N[C@@H]1COC[C@H]1O. The van der Waals surface area contributed by atoms with Crippen molar-refractivity contribution >= 4 is 11.9 Å². The minimum Gasteiger partial charge on any atom is -0.462 e. The predicted octanol–water partition coefficient (Wildman–Crippen LogP) is -1.96. The van der Waals surface area contributed by atoms with Gasteiger partial charge in [0.2, 0.25) is 0 Å². The lowest BCUT2D eigenvalue weighted by Gasteiger charge is -2.12. The van der Waals surface area contributed by atoms with Crippen molar-refractivity contribution in [3.05, 3.63) is 0 Å². The Morgan fingerprint density at radius 2 is 2.23 bits per heavy atom. The Kier molecular flexibility index (Phi) is 3.21. The first-order valence-electron chi connectivity index (χ1n) is 3.79. The van der Waals surface area contributed by atoms with Crippen LogP contribution in [0.15, 0.2) is 0 Å². The third-order valence-electron chi connectivity index (χ3n) is 1.74.